The first-order valence-corrected chi connectivity index (χ1v) is 9.06. The second-order valence-corrected chi connectivity index (χ2v) is 6.36. The summed E-state index contributed by atoms with van der Waals surface area (Å²) < 4.78 is 0. The lowest BCUT2D eigenvalue weighted by Crippen LogP contribution is -1.99. The van der Waals surface area contributed by atoms with Crippen LogP contribution < -0.4 is 5.73 Å². The van der Waals surface area contributed by atoms with Gasteiger partial charge in [0.2, 0.25) is 0 Å². The third-order valence-corrected chi connectivity index (χ3v) is 4.62. The molecule has 0 radical (unpaired) electrons. The summed E-state index contributed by atoms with van der Waals surface area (Å²) in [5.74, 6) is 0. The fraction of sp³-hybridized carbons (Fsp3) is 0.524. The van der Waals surface area contributed by atoms with Crippen molar-refractivity contribution in [2.24, 2.45) is 5.73 Å². The van der Waals surface area contributed by atoms with Crippen LogP contribution in [0.15, 0.2) is 36.4 Å². The van der Waals surface area contributed by atoms with E-state index in [-0.39, 0.29) is 0 Å². The lowest BCUT2D eigenvalue weighted by Gasteiger charge is -2.10. The molecule has 2 N–H and O–H groups in total. The molecule has 0 saturated heterocycles. The summed E-state index contributed by atoms with van der Waals surface area (Å²) in [5.41, 5.74) is 8.60. The zero-order chi connectivity index (χ0) is 15.6. The molecule has 0 saturated carbocycles. The van der Waals surface area contributed by atoms with Crippen molar-refractivity contribution < 1.29 is 0 Å². The second kappa shape index (κ2) is 9.63. The highest BCUT2D eigenvalue weighted by atomic mass is 14.5. The molecule has 0 atom stereocenters. The molecule has 0 fully saturated rings. The topological polar surface area (TPSA) is 26.0 Å². The highest BCUT2D eigenvalue weighted by molar-refractivity contribution is 5.88. The first-order valence-electron chi connectivity index (χ1n) is 9.06. The van der Waals surface area contributed by atoms with Crippen molar-refractivity contribution in [2.75, 3.05) is 0 Å². The van der Waals surface area contributed by atoms with Crippen molar-refractivity contribution >= 4 is 10.8 Å². The number of unbranched alkanes of at least 4 members (excludes halogenated alkanes) is 7. The summed E-state index contributed by atoms with van der Waals surface area (Å²) in [6, 6.07) is 13.2. The molecule has 22 heavy (non-hydrogen) atoms. The monoisotopic (exact) mass is 297 g/mol. The lowest BCUT2D eigenvalue weighted by molar-refractivity contribution is 0.576. The second-order valence-electron chi connectivity index (χ2n) is 6.36. The molecule has 2 aromatic rings. The maximum atomic E-state index is 5.86. The molecule has 120 valence electrons. The van der Waals surface area contributed by atoms with E-state index >= 15 is 0 Å². The number of aryl methyl sites for hydroxylation is 1. The Labute approximate surface area is 135 Å². The molecular weight excluding hydrogens is 266 g/mol. The van der Waals surface area contributed by atoms with Gasteiger partial charge in [-0.3, -0.25) is 0 Å². The summed E-state index contributed by atoms with van der Waals surface area (Å²) in [6.07, 6.45) is 12.2. The van der Waals surface area contributed by atoms with Gasteiger partial charge in [-0.1, -0.05) is 88.3 Å². The van der Waals surface area contributed by atoms with Crippen LogP contribution in [0, 0.1) is 0 Å². The molecule has 0 aliphatic carbocycles. The maximum Gasteiger partial charge on any atom is 0.0184 e. The summed E-state index contributed by atoms with van der Waals surface area (Å²) in [4.78, 5) is 0. The molecule has 2 rings (SSSR count). The highest BCUT2D eigenvalue weighted by Crippen LogP contribution is 2.24. The van der Waals surface area contributed by atoms with Crippen LogP contribution in [0.25, 0.3) is 10.8 Å². The van der Waals surface area contributed by atoms with Crippen LogP contribution in [0.5, 0.6) is 0 Å². The van der Waals surface area contributed by atoms with E-state index in [0.29, 0.717) is 6.54 Å². The quantitative estimate of drug-likeness (QED) is 0.536. The van der Waals surface area contributed by atoms with Crippen LogP contribution >= 0.6 is 0 Å². The fourth-order valence-electron chi connectivity index (χ4n) is 3.27. The van der Waals surface area contributed by atoms with Gasteiger partial charge in [-0.15, -0.1) is 0 Å². The normalized spacial score (nSPS) is 11.2. The van der Waals surface area contributed by atoms with Gasteiger partial charge in [0.15, 0.2) is 0 Å². The Morgan fingerprint density at radius 3 is 1.86 bits per heavy atom. The van der Waals surface area contributed by atoms with Gasteiger partial charge in [-0.2, -0.15) is 0 Å². The number of fused-ring (bicyclic) bond motifs is 1. The van der Waals surface area contributed by atoms with Crippen molar-refractivity contribution in [3.8, 4) is 0 Å². The Morgan fingerprint density at radius 2 is 1.23 bits per heavy atom. The van der Waals surface area contributed by atoms with E-state index in [1.807, 2.05) is 0 Å². The van der Waals surface area contributed by atoms with Crippen LogP contribution in [-0.2, 0) is 13.0 Å². The summed E-state index contributed by atoms with van der Waals surface area (Å²) >= 11 is 0. The minimum atomic E-state index is 0.624. The number of nitrogens with two attached hydrogens (primary N) is 1. The average Bonchev–Trinajstić information content (AvgIpc) is 2.57. The number of hydrogen-bond acceptors (Lipinski definition) is 1. The van der Waals surface area contributed by atoms with Crippen molar-refractivity contribution in [1.82, 2.24) is 0 Å². The summed E-state index contributed by atoms with van der Waals surface area (Å²) in [6.45, 7) is 2.90. The molecule has 0 spiro atoms. The molecule has 0 unspecified atom stereocenters. The SMILES string of the molecule is CCCCCCCCCCc1ccc(CN)c2ccccc12. The van der Waals surface area contributed by atoms with Gasteiger partial charge in [-0.05, 0) is 34.7 Å². The van der Waals surface area contributed by atoms with Gasteiger partial charge in [0.05, 0.1) is 0 Å². The first kappa shape index (κ1) is 17.0. The zero-order valence-electron chi connectivity index (χ0n) is 14.1. The molecule has 0 aliphatic rings. The van der Waals surface area contributed by atoms with Gasteiger partial charge in [-0.25, -0.2) is 0 Å². The third-order valence-electron chi connectivity index (χ3n) is 4.62. The standard InChI is InChI=1S/C21H31N/c1-2-3-4-5-6-7-8-9-12-18-15-16-19(17-22)21-14-11-10-13-20(18)21/h10-11,13-16H,2-9,12,17,22H2,1H3. The number of rotatable bonds is 10. The van der Waals surface area contributed by atoms with Crippen LogP contribution in [0.2, 0.25) is 0 Å². The van der Waals surface area contributed by atoms with Crippen LogP contribution in [-0.4, -0.2) is 0 Å². The smallest absolute Gasteiger partial charge is 0.0184 e. The van der Waals surface area contributed by atoms with E-state index in [1.165, 1.54) is 79.7 Å². The maximum absolute atomic E-state index is 5.86. The van der Waals surface area contributed by atoms with Gasteiger partial charge in [0.25, 0.3) is 0 Å². The minimum absolute atomic E-state index is 0.624. The largest absolute Gasteiger partial charge is 0.326 e. The molecule has 0 amide bonds. The molecule has 0 aromatic heterocycles. The van der Waals surface area contributed by atoms with Gasteiger partial charge in [0, 0.05) is 6.54 Å². The molecule has 1 nitrogen and oxygen atoms in total. The van der Waals surface area contributed by atoms with Gasteiger partial charge in [0.1, 0.15) is 0 Å². The Morgan fingerprint density at radius 1 is 0.682 bits per heavy atom. The highest BCUT2D eigenvalue weighted by Gasteiger charge is 2.04. The number of benzene rings is 2. The van der Waals surface area contributed by atoms with Crippen molar-refractivity contribution in [3.05, 3.63) is 47.5 Å². The average molecular weight is 297 g/mol. The first-order chi connectivity index (χ1) is 10.9. The van der Waals surface area contributed by atoms with E-state index in [4.69, 9.17) is 5.73 Å². The molecule has 0 bridgehead atoms. The van der Waals surface area contributed by atoms with Crippen LogP contribution in [0.1, 0.15) is 69.4 Å². The van der Waals surface area contributed by atoms with E-state index in [2.05, 4.69) is 43.3 Å². The van der Waals surface area contributed by atoms with E-state index in [9.17, 15) is 0 Å². The Kier molecular flexibility index (Phi) is 7.45. The van der Waals surface area contributed by atoms with Gasteiger partial charge >= 0.3 is 0 Å². The van der Waals surface area contributed by atoms with Crippen molar-refractivity contribution in [1.29, 1.82) is 0 Å². The zero-order valence-corrected chi connectivity index (χ0v) is 14.1. The molecule has 1 heteroatoms. The predicted octanol–water partition coefficient (Wildman–Crippen LogP) is 5.98. The third kappa shape index (κ3) is 4.84. The summed E-state index contributed by atoms with van der Waals surface area (Å²) in [5, 5.41) is 2.73. The Hall–Kier alpha value is -1.34. The Balaban J connectivity index is 1.82. The van der Waals surface area contributed by atoms with E-state index in [1.54, 1.807) is 0 Å². The fourth-order valence-corrected chi connectivity index (χ4v) is 3.27. The number of hydrogen-bond donors (Lipinski definition) is 1. The van der Waals surface area contributed by atoms with Gasteiger partial charge < -0.3 is 5.73 Å². The van der Waals surface area contributed by atoms with E-state index < -0.39 is 0 Å². The molecular formula is C21H31N. The van der Waals surface area contributed by atoms with Crippen LogP contribution in [0.4, 0.5) is 0 Å². The Bertz CT molecular complexity index is 559. The molecule has 2 aromatic carbocycles. The predicted molar refractivity (Wildman–Crippen MR) is 98.2 cm³/mol. The van der Waals surface area contributed by atoms with E-state index in [0.717, 1.165) is 0 Å². The lowest BCUT2D eigenvalue weighted by atomic mass is 9.96. The van der Waals surface area contributed by atoms with Crippen molar-refractivity contribution in [3.63, 3.8) is 0 Å². The molecule has 0 aliphatic heterocycles. The van der Waals surface area contributed by atoms with Crippen LogP contribution in [0.3, 0.4) is 0 Å². The minimum Gasteiger partial charge on any atom is -0.326 e. The summed E-state index contributed by atoms with van der Waals surface area (Å²) in [7, 11) is 0. The van der Waals surface area contributed by atoms with Crippen molar-refractivity contribution in [2.45, 2.75) is 71.3 Å². The molecule has 0 heterocycles.